The van der Waals surface area contributed by atoms with Gasteiger partial charge < -0.3 is 15.4 Å². The van der Waals surface area contributed by atoms with Crippen LogP contribution in [0, 0.1) is 19.8 Å². The van der Waals surface area contributed by atoms with Crippen molar-refractivity contribution in [3.8, 4) is 0 Å². The Bertz CT molecular complexity index is 531. The zero-order chi connectivity index (χ0) is 16.8. The largest absolute Gasteiger partial charge is 0.374 e. The number of ether oxygens (including phenoxy) is 1. The normalized spacial score (nSPS) is 18.9. The SMILES string of the molecule is Cc1ccc(NC(=O)NCC2CN(CC(C)C)CCO2)c(C)c1. The van der Waals surface area contributed by atoms with Gasteiger partial charge >= 0.3 is 6.03 Å². The molecule has 0 radical (unpaired) electrons. The van der Waals surface area contributed by atoms with E-state index in [1.807, 2.05) is 26.0 Å². The minimum Gasteiger partial charge on any atom is -0.374 e. The van der Waals surface area contributed by atoms with E-state index in [4.69, 9.17) is 4.74 Å². The number of urea groups is 1. The molecule has 0 bridgehead atoms. The molecule has 1 saturated heterocycles. The lowest BCUT2D eigenvalue weighted by Gasteiger charge is -2.33. The van der Waals surface area contributed by atoms with Crippen LogP contribution in [-0.2, 0) is 4.74 Å². The Hall–Kier alpha value is -1.59. The summed E-state index contributed by atoms with van der Waals surface area (Å²) in [5.41, 5.74) is 3.10. The highest BCUT2D eigenvalue weighted by Crippen LogP contribution is 2.15. The van der Waals surface area contributed by atoms with Crippen molar-refractivity contribution in [3.05, 3.63) is 29.3 Å². The summed E-state index contributed by atoms with van der Waals surface area (Å²) < 4.78 is 5.75. The molecule has 1 fully saturated rings. The highest BCUT2D eigenvalue weighted by Gasteiger charge is 2.21. The maximum Gasteiger partial charge on any atom is 0.319 e. The first-order valence-corrected chi connectivity index (χ1v) is 8.40. The fourth-order valence-electron chi connectivity index (χ4n) is 2.91. The molecule has 5 heteroatoms. The summed E-state index contributed by atoms with van der Waals surface area (Å²) in [6.45, 7) is 12.7. The molecule has 1 aliphatic rings. The van der Waals surface area contributed by atoms with Gasteiger partial charge in [-0.15, -0.1) is 0 Å². The molecule has 1 atom stereocenters. The smallest absolute Gasteiger partial charge is 0.319 e. The van der Waals surface area contributed by atoms with E-state index in [0.29, 0.717) is 12.5 Å². The van der Waals surface area contributed by atoms with Crippen LogP contribution in [-0.4, -0.2) is 49.8 Å². The Labute approximate surface area is 139 Å². The summed E-state index contributed by atoms with van der Waals surface area (Å²) in [5.74, 6) is 0.648. The van der Waals surface area contributed by atoms with Crippen molar-refractivity contribution in [1.29, 1.82) is 0 Å². The highest BCUT2D eigenvalue weighted by molar-refractivity contribution is 5.90. The molecule has 0 aliphatic carbocycles. The maximum absolute atomic E-state index is 12.1. The van der Waals surface area contributed by atoms with Gasteiger partial charge in [0.1, 0.15) is 0 Å². The average Bonchev–Trinajstić information content (AvgIpc) is 2.48. The number of amides is 2. The zero-order valence-corrected chi connectivity index (χ0v) is 14.7. The molecule has 0 spiro atoms. The fourth-order valence-corrected chi connectivity index (χ4v) is 2.91. The molecule has 23 heavy (non-hydrogen) atoms. The van der Waals surface area contributed by atoms with Gasteiger partial charge in [-0.3, -0.25) is 4.90 Å². The molecule has 1 aliphatic heterocycles. The Kier molecular flexibility index (Phi) is 6.42. The standard InChI is InChI=1S/C18H29N3O2/c1-13(2)11-21-7-8-23-16(12-21)10-19-18(22)20-17-6-5-14(3)9-15(17)4/h5-6,9,13,16H,7-8,10-12H2,1-4H3,(H2,19,20,22). The third kappa shape index (κ3) is 5.84. The second-order valence-corrected chi connectivity index (χ2v) is 6.80. The minimum absolute atomic E-state index is 0.0624. The van der Waals surface area contributed by atoms with Crippen molar-refractivity contribution in [1.82, 2.24) is 10.2 Å². The molecule has 5 nitrogen and oxygen atoms in total. The van der Waals surface area contributed by atoms with E-state index in [-0.39, 0.29) is 12.1 Å². The molecule has 2 amide bonds. The first-order chi connectivity index (χ1) is 10.9. The fraction of sp³-hybridized carbons (Fsp3) is 0.611. The van der Waals surface area contributed by atoms with Gasteiger partial charge in [0.25, 0.3) is 0 Å². The van der Waals surface area contributed by atoms with E-state index >= 15 is 0 Å². The number of hydrogen-bond acceptors (Lipinski definition) is 3. The second-order valence-electron chi connectivity index (χ2n) is 6.80. The van der Waals surface area contributed by atoms with E-state index in [1.165, 1.54) is 5.56 Å². The van der Waals surface area contributed by atoms with Crippen LogP contribution in [0.15, 0.2) is 18.2 Å². The maximum atomic E-state index is 12.1. The predicted molar refractivity (Wildman–Crippen MR) is 94.0 cm³/mol. The summed E-state index contributed by atoms with van der Waals surface area (Å²) in [6.07, 6.45) is 0.0624. The first-order valence-electron chi connectivity index (χ1n) is 8.40. The molecule has 0 saturated carbocycles. The van der Waals surface area contributed by atoms with Crippen LogP contribution in [0.25, 0.3) is 0 Å². The lowest BCUT2D eigenvalue weighted by atomic mass is 10.1. The summed E-state index contributed by atoms with van der Waals surface area (Å²) in [5, 5.41) is 5.82. The van der Waals surface area contributed by atoms with Crippen LogP contribution in [0.5, 0.6) is 0 Å². The van der Waals surface area contributed by atoms with Crippen molar-refractivity contribution in [2.45, 2.75) is 33.8 Å². The van der Waals surface area contributed by atoms with Crippen molar-refractivity contribution in [2.24, 2.45) is 5.92 Å². The number of hydrogen-bond donors (Lipinski definition) is 2. The summed E-state index contributed by atoms with van der Waals surface area (Å²) in [4.78, 5) is 14.5. The van der Waals surface area contributed by atoms with Crippen LogP contribution in [0.3, 0.4) is 0 Å². The van der Waals surface area contributed by atoms with E-state index in [2.05, 4.69) is 35.4 Å². The van der Waals surface area contributed by atoms with E-state index in [9.17, 15) is 4.79 Å². The number of morpholine rings is 1. The molecule has 1 unspecified atom stereocenters. The number of rotatable bonds is 5. The van der Waals surface area contributed by atoms with Crippen LogP contribution in [0.4, 0.5) is 10.5 Å². The molecule has 1 heterocycles. The number of aryl methyl sites for hydroxylation is 2. The van der Waals surface area contributed by atoms with Gasteiger partial charge in [-0.2, -0.15) is 0 Å². The van der Waals surface area contributed by atoms with Gasteiger partial charge in [0.15, 0.2) is 0 Å². The van der Waals surface area contributed by atoms with Crippen LogP contribution < -0.4 is 10.6 Å². The van der Waals surface area contributed by atoms with Crippen molar-refractivity contribution in [3.63, 3.8) is 0 Å². The van der Waals surface area contributed by atoms with Gasteiger partial charge in [-0.05, 0) is 31.4 Å². The molecular weight excluding hydrogens is 290 g/mol. The summed E-state index contributed by atoms with van der Waals surface area (Å²) >= 11 is 0. The molecule has 0 aromatic heterocycles. The number of carbonyl (C=O) groups is 1. The van der Waals surface area contributed by atoms with E-state index in [0.717, 1.165) is 37.5 Å². The Balaban J connectivity index is 1.77. The predicted octanol–water partition coefficient (Wildman–Crippen LogP) is 2.78. The zero-order valence-electron chi connectivity index (χ0n) is 14.7. The van der Waals surface area contributed by atoms with Gasteiger partial charge in [0.05, 0.1) is 12.7 Å². The molecule has 128 valence electrons. The van der Waals surface area contributed by atoms with Crippen LogP contribution in [0.1, 0.15) is 25.0 Å². The first kappa shape index (κ1) is 17.8. The third-order valence-corrected chi connectivity index (χ3v) is 3.97. The number of nitrogens with zero attached hydrogens (tertiary/aromatic N) is 1. The average molecular weight is 319 g/mol. The molecular formula is C18H29N3O2. The van der Waals surface area contributed by atoms with Crippen LogP contribution >= 0.6 is 0 Å². The number of nitrogens with one attached hydrogen (secondary N) is 2. The number of anilines is 1. The Morgan fingerprint density at radius 1 is 1.39 bits per heavy atom. The van der Waals surface area contributed by atoms with Crippen molar-refractivity contribution in [2.75, 3.05) is 38.1 Å². The third-order valence-electron chi connectivity index (χ3n) is 3.97. The van der Waals surface area contributed by atoms with Gasteiger partial charge in [0, 0.05) is 31.9 Å². The summed E-state index contributed by atoms with van der Waals surface area (Å²) in [6, 6.07) is 5.81. The number of carbonyl (C=O) groups excluding carboxylic acids is 1. The highest BCUT2D eigenvalue weighted by atomic mass is 16.5. The summed E-state index contributed by atoms with van der Waals surface area (Å²) in [7, 11) is 0. The van der Waals surface area contributed by atoms with Crippen molar-refractivity contribution >= 4 is 11.7 Å². The Morgan fingerprint density at radius 2 is 2.17 bits per heavy atom. The van der Waals surface area contributed by atoms with Gasteiger partial charge in [-0.1, -0.05) is 31.5 Å². The monoisotopic (exact) mass is 319 g/mol. The van der Waals surface area contributed by atoms with E-state index < -0.39 is 0 Å². The van der Waals surface area contributed by atoms with Gasteiger partial charge in [0.2, 0.25) is 0 Å². The molecule has 2 N–H and O–H groups in total. The minimum atomic E-state index is -0.179. The van der Waals surface area contributed by atoms with Gasteiger partial charge in [-0.25, -0.2) is 4.79 Å². The van der Waals surface area contributed by atoms with Crippen molar-refractivity contribution < 1.29 is 9.53 Å². The lowest BCUT2D eigenvalue weighted by Crippen LogP contribution is -2.48. The quantitative estimate of drug-likeness (QED) is 0.877. The lowest BCUT2D eigenvalue weighted by molar-refractivity contribution is -0.0288. The number of benzene rings is 1. The van der Waals surface area contributed by atoms with Crippen LogP contribution in [0.2, 0.25) is 0 Å². The molecule has 1 aromatic rings. The van der Waals surface area contributed by atoms with E-state index in [1.54, 1.807) is 0 Å². The topological polar surface area (TPSA) is 53.6 Å². The Morgan fingerprint density at radius 3 is 2.87 bits per heavy atom. The molecule has 2 rings (SSSR count). The molecule has 1 aromatic carbocycles. The second kappa shape index (κ2) is 8.31.